The maximum Gasteiger partial charge on any atom is 0.164 e. The Labute approximate surface area is 86.7 Å². The largest absolute Gasteiger partial charge is 0.385 e. The van der Waals surface area contributed by atoms with E-state index in [-0.39, 0.29) is 11.7 Å². The molecule has 0 aromatic heterocycles. The average molecular weight is 198 g/mol. The van der Waals surface area contributed by atoms with E-state index in [0.29, 0.717) is 12.3 Å². The third kappa shape index (κ3) is 2.57. The monoisotopic (exact) mass is 198 g/mol. The molecule has 1 N–H and O–H groups in total. The van der Waals surface area contributed by atoms with E-state index in [2.05, 4.69) is 13.8 Å². The van der Waals surface area contributed by atoms with Crippen LogP contribution in [0.4, 0.5) is 0 Å². The first-order valence-corrected chi connectivity index (χ1v) is 5.78. The third-order valence-corrected chi connectivity index (χ3v) is 3.72. The summed E-state index contributed by atoms with van der Waals surface area (Å²) in [6.45, 7) is 6.32. The molecule has 2 nitrogen and oxygen atoms in total. The molecule has 0 saturated heterocycles. The van der Waals surface area contributed by atoms with Crippen LogP contribution in [-0.2, 0) is 4.79 Å². The van der Waals surface area contributed by atoms with Crippen molar-refractivity contribution in [3.63, 3.8) is 0 Å². The molecule has 0 aromatic rings. The van der Waals surface area contributed by atoms with Gasteiger partial charge in [0.15, 0.2) is 5.78 Å². The van der Waals surface area contributed by atoms with Crippen molar-refractivity contribution in [1.82, 2.24) is 0 Å². The number of carbonyl (C=O) groups is 1. The number of aliphatic hydroxyl groups excluding tert-OH is 1. The van der Waals surface area contributed by atoms with Crippen LogP contribution in [0, 0.1) is 17.8 Å². The van der Waals surface area contributed by atoms with Crippen LogP contribution >= 0.6 is 0 Å². The summed E-state index contributed by atoms with van der Waals surface area (Å²) >= 11 is 0. The topological polar surface area (TPSA) is 37.3 Å². The fourth-order valence-corrected chi connectivity index (χ4v) is 2.28. The quantitative estimate of drug-likeness (QED) is 0.756. The van der Waals surface area contributed by atoms with Crippen LogP contribution in [-0.4, -0.2) is 17.0 Å². The van der Waals surface area contributed by atoms with E-state index in [0.717, 1.165) is 25.2 Å². The first kappa shape index (κ1) is 11.7. The zero-order valence-electron chi connectivity index (χ0n) is 9.49. The lowest BCUT2D eigenvalue weighted by atomic mass is 9.73. The minimum atomic E-state index is -0.722. The second-order valence-corrected chi connectivity index (χ2v) is 4.79. The predicted molar refractivity (Wildman–Crippen MR) is 57.0 cm³/mol. The average Bonchev–Trinajstić information content (AvgIpc) is 2.20. The fourth-order valence-electron chi connectivity index (χ4n) is 2.28. The molecule has 1 aliphatic rings. The van der Waals surface area contributed by atoms with Crippen molar-refractivity contribution in [1.29, 1.82) is 0 Å². The summed E-state index contributed by atoms with van der Waals surface area (Å²) < 4.78 is 0. The summed E-state index contributed by atoms with van der Waals surface area (Å²) in [7, 11) is 0. The normalized spacial score (nSPS) is 35.3. The van der Waals surface area contributed by atoms with Crippen LogP contribution in [0.1, 0.15) is 46.5 Å². The zero-order chi connectivity index (χ0) is 10.7. The molecule has 82 valence electrons. The van der Waals surface area contributed by atoms with Crippen LogP contribution in [0.2, 0.25) is 0 Å². The lowest BCUT2D eigenvalue weighted by Crippen LogP contribution is -2.33. The molecule has 0 aromatic carbocycles. The summed E-state index contributed by atoms with van der Waals surface area (Å²) in [6.07, 6.45) is 2.91. The van der Waals surface area contributed by atoms with Crippen LogP contribution in [0.15, 0.2) is 0 Å². The van der Waals surface area contributed by atoms with Crippen LogP contribution in [0.25, 0.3) is 0 Å². The minimum absolute atomic E-state index is 0.0752. The van der Waals surface area contributed by atoms with Crippen LogP contribution in [0.5, 0.6) is 0 Å². The van der Waals surface area contributed by atoms with Gasteiger partial charge < -0.3 is 5.11 Å². The van der Waals surface area contributed by atoms with Crippen molar-refractivity contribution in [2.75, 3.05) is 0 Å². The number of rotatable bonds is 3. The number of hydrogen-bond acceptors (Lipinski definition) is 2. The van der Waals surface area contributed by atoms with Gasteiger partial charge in [0, 0.05) is 5.92 Å². The van der Waals surface area contributed by atoms with Gasteiger partial charge in [-0.15, -0.1) is 0 Å². The SMILES string of the molecule is CCC(O)C(=O)C1CCC(C)C(C)C1. The smallest absolute Gasteiger partial charge is 0.164 e. The molecule has 1 saturated carbocycles. The van der Waals surface area contributed by atoms with Crippen molar-refractivity contribution >= 4 is 5.78 Å². The lowest BCUT2D eigenvalue weighted by molar-refractivity contribution is -0.133. The Morgan fingerprint density at radius 1 is 1.36 bits per heavy atom. The number of carbonyl (C=O) groups excluding carboxylic acids is 1. The van der Waals surface area contributed by atoms with Gasteiger partial charge in [0.2, 0.25) is 0 Å². The summed E-state index contributed by atoms with van der Waals surface area (Å²) in [4.78, 5) is 11.7. The van der Waals surface area contributed by atoms with Gasteiger partial charge in [0.05, 0.1) is 0 Å². The van der Waals surface area contributed by atoms with Gasteiger partial charge in [-0.2, -0.15) is 0 Å². The molecule has 4 unspecified atom stereocenters. The molecule has 1 aliphatic carbocycles. The molecule has 0 bridgehead atoms. The summed E-state index contributed by atoms with van der Waals surface area (Å²) in [5, 5.41) is 9.48. The Bertz CT molecular complexity index is 200. The summed E-state index contributed by atoms with van der Waals surface area (Å²) in [5.41, 5.74) is 0. The molecule has 2 heteroatoms. The van der Waals surface area contributed by atoms with E-state index in [4.69, 9.17) is 0 Å². The third-order valence-electron chi connectivity index (χ3n) is 3.72. The van der Waals surface area contributed by atoms with Gasteiger partial charge in [-0.1, -0.05) is 20.8 Å². The molecule has 0 amide bonds. The summed E-state index contributed by atoms with van der Waals surface area (Å²) in [6, 6.07) is 0. The van der Waals surface area contributed by atoms with Crippen molar-refractivity contribution < 1.29 is 9.90 Å². The first-order chi connectivity index (χ1) is 6.56. The summed E-state index contributed by atoms with van der Waals surface area (Å²) in [5.74, 6) is 1.56. The molecule has 1 rings (SSSR count). The van der Waals surface area contributed by atoms with E-state index < -0.39 is 6.10 Å². The molecule has 0 spiro atoms. The molecular weight excluding hydrogens is 176 g/mol. The Hall–Kier alpha value is -0.370. The van der Waals surface area contributed by atoms with Crippen molar-refractivity contribution in [3.8, 4) is 0 Å². The number of hydrogen-bond donors (Lipinski definition) is 1. The van der Waals surface area contributed by atoms with Crippen molar-refractivity contribution in [3.05, 3.63) is 0 Å². The minimum Gasteiger partial charge on any atom is -0.385 e. The van der Waals surface area contributed by atoms with E-state index in [1.807, 2.05) is 6.92 Å². The molecule has 0 aliphatic heterocycles. The molecule has 0 radical (unpaired) electrons. The van der Waals surface area contributed by atoms with E-state index >= 15 is 0 Å². The van der Waals surface area contributed by atoms with Gasteiger partial charge >= 0.3 is 0 Å². The van der Waals surface area contributed by atoms with E-state index in [1.54, 1.807) is 0 Å². The van der Waals surface area contributed by atoms with Crippen LogP contribution in [0.3, 0.4) is 0 Å². The molecule has 14 heavy (non-hydrogen) atoms. The van der Waals surface area contributed by atoms with Gasteiger partial charge in [-0.25, -0.2) is 0 Å². The molecule has 1 fully saturated rings. The number of aliphatic hydroxyl groups is 1. The van der Waals surface area contributed by atoms with Gasteiger partial charge in [0.25, 0.3) is 0 Å². The van der Waals surface area contributed by atoms with Gasteiger partial charge in [-0.3, -0.25) is 4.79 Å². The van der Waals surface area contributed by atoms with E-state index in [1.165, 1.54) is 0 Å². The molecule has 0 heterocycles. The molecule has 4 atom stereocenters. The first-order valence-electron chi connectivity index (χ1n) is 5.78. The Balaban J connectivity index is 2.50. The number of Topliss-reactive ketones (excluding diaryl/α,β-unsaturated/α-hetero) is 1. The highest BCUT2D eigenvalue weighted by Gasteiger charge is 2.31. The van der Waals surface area contributed by atoms with Crippen LogP contribution < -0.4 is 0 Å². The molecular formula is C12H22O2. The van der Waals surface area contributed by atoms with E-state index in [9.17, 15) is 9.90 Å². The second kappa shape index (κ2) is 4.92. The van der Waals surface area contributed by atoms with Gasteiger partial charge in [-0.05, 0) is 37.5 Å². The Morgan fingerprint density at radius 2 is 2.00 bits per heavy atom. The standard InChI is InChI=1S/C12H22O2/c1-4-11(13)12(14)10-6-5-8(2)9(3)7-10/h8-11,13H,4-7H2,1-3H3. The fraction of sp³-hybridized carbons (Fsp3) is 0.917. The Morgan fingerprint density at radius 3 is 2.50 bits per heavy atom. The highest BCUT2D eigenvalue weighted by Crippen LogP contribution is 2.34. The maximum atomic E-state index is 11.7. The maximum absolute atomic E-state index is 11.7. The zero-order valence-corrected chi connectivity index (χ0v) is 9.49. The van der Waals surface area contributed by atoms with Crippen molar-refractivity contribution in [2.45, 2.75) is 52.6 Å². The van der Waals surface area contributed by atoms with Crippen molar-refractivity contribution in [2.24, 2.45) is 17.8 Å². The second-order valence-electron chi connectivity index (χ2n) is 4.79. The van der Waals surface area contributed by atoms with Gasteiger partial charge in [0.1, 0.15) is 6.10 Å². The predicted octanol–water partition coefficient (Wildman–Crippen LogP) is 2.40. The highest BCUT2D eigenvalue weighted by atomic mass is 16.3. The number of ketones is 1. The highest BCUT2D eigenvalue weighted by molar-refractivity contribution is 5.85. The Kier molecular flexibility index (Phi) is 4.11. The lowest BCUT2D eigenvalue weighted by Gasteiger charge is -2.32.